The average Bonchev–Trinajstić information content (AvgIpc) is 2.37. The van der Waals surface area contributed by atoms with Gasteiger partial charge in [-0.25, -0.2) is 8.78 Å². The molecule has 0 saturated heterocycles. The number of halogens is 2. The standard InChI is InChI=1S/C14H14F2N2/c15-13-3-1-11(2-4-13)5-6-17-8-12-7-14(16)10-18-9-12/h1-4,7,9-10,17H,5-6,8H2. The third kappa shape index (κ3) is 3.89. The number of hydrogen-bond acceptors (Lipinski definition) is 2. The van der Waals surface area contributed by atoms with Crippen molar-refractivity contribution in [3.05, 3.63) is 65.5 Å². The quantitative estimate of drug-likeness (QED) is 0.823. The molecule has 0 spiro atoms. The van der Waals surface area contributed by atoms with Gasteiger partial charge in [0.05, 0.1) is 6.20 Å². The predicted octanol–water partition coefficient (Wildman–Crippen LogP) is 2.69. The lowest BCUT2D eigenvalue weighted by atomic mass is 10.1. The van der Waals surface area contributed by atoms with E-state index in [9.17, 15) is 8.78 Å². The number of benzene rings is 1. The lowest BCUT2D eigenvalue weighted by Crippen LogP contribution is -2.16. The van der Waals surface area contributed by atoms with Crippen molar-refractivity contribution in [2.75, 3.05) is 6.54 Å². The Hall–Kier alpha value is -1.81. The Balaban J connectivity index is 1.74. The van der Waals surface area contributed by atoms with Crippen LogP contribution in [0.5, 0.6) is 0 Å². The van der Waals surface area contributed by atoms with Crippen LogP contribution in [0.2, 0.25) is 0 Å². The molecule has 2 aromatic rings. The summed E-state index contributed by atoms with van der Waals surface area (Å²) < 4.78 is 25.5. The third-order valence-electron chi connectivity index (χ3n) is 2.59. The molecule has 1 aromatic heterocycles. The fourth-order valence-corrected chi connectivity index (χ4v) is 1.67. The summed E-state index contributed by atoms with van der Waals surface area (Å²) >= 11 is 0. The molecule has 4 heteroatoms. The van der Waals surface area contributed by atoms with Crippen molar-refractivity contribution in [2.24, 2.45) is 0 Å². The van der Waals surface area contributed by atoms with E-state index in [-0.39, 0.29) is 11.6 Å². The number of nitrogens with one attached hydrogen (secondary N) is 1. The SMILES string of the molecule is Fc1ccc(CCNCc2cncc(F)c2)cc1. The van der Waals surface area contributed by atoms with E-state index in [0.29, 0.717) is 6.54 Å². The highest BCUT2D eigenvalue weighted by atomic mass is 19.1. The highest BCUT2D eigenvalue weighted by Gasteiger charge is 1.97. The molecule has 1 aromatic carbocycles. The maximum absolute atomic E-state index is 12.9. The Labute approximate surface area is 105 Å². The number of pyridine rings is 1. The van der Waals surface area contributed by atoms with Crippen molar-refractivity contribution in [2.45, 2.75) is 13.0 Å². The van der Waals surface area contributed by atoms with Gasteiger partial charge in [-0.2, -0.15) is 0 Å². The molecule has 94 valence electrons. The third-order valence-corrected chi connectivity index (χ3v) is 2.59. The Morgan fingerprint density at radius 3 is 2.44 bits per heavy atom. The summed E-state index contributed by atoms with van der Waals surface area (Å²) in [6.45, 7) is 1.33. The van der Waals surface area contributed by atoms with E-state index in [4.69, 9.17) is 0 Å². The van der Waals surface area contributed by atoms with Gasteiger partial charge in [0.15, 0.2) is 0 Å². The van der Waals surface area contributed by atoms with Gasteiger partial charge >= 0.3 is 0 Å². The van der Waals surface area contributed by atoms with E-state index < -0.39 is 0 Å². The minimum Gasteiger partial charge on any atom is -0.312 e. The maximum atomic E-state index is 12.9. The summed E-state index contributed by atoms with van der Waals surface area (Å²) in [5.41, 5.74) is 1.88. The first kappa shape index (κ1) is 12.6. The second-order valence-corrected chi connectivity index (χ2v) is 4.06. The fraction of sp³-hybridized carbons (Fsp3) is 0.214. The second-order valence-electron chi connectivity index (χ2n) is 4.06. The smallest absolute Gasteiger partial charge is 0.141 e. The van der Waals surface area contributed by atoms with Crippen LogP contribution >= 0.6 is 0 Å². The molecule has 0 unspecified atom stereocenters. The van der Waals surface area contributed by atoms with E-state index in [1.165, 1.54) is 24.4 Å². The first-order valence-electron chi connectivity index (χ1n) is 5.78. The highest BCUT2D eigenvalue weighted by molar-refractivity contribution is 5.16. The molecule has 1 heterocycles. The van der Waals surface area contributed by atoms with E-state index >= 15 is 0 Å². The minimum atomic E-state index is -0.326. The molecule has 18 heavy (non-hydrogen) atoms. The van der Waals surface area contributed by atoms with Gasteiger partial charge in [-0.05, 0) is 42.3 Å². The van der Waals surface area contributed by atoms with E-state index in [2.05, 4.69) is 10.3 Å². The van der Waals surface area contributed by atoms with Crippen molar-refractivity contribution < 1.29 is 8.78 Å². The zero-order valence-corrected chi connectivity index (χ0v) is 9.87. The number of hydrogen-bond donors (Lipinski definition) is 1. The summed E-state index contributed by atoms with van der Waals surface area (Å²) in [7, 11) is 0. The predicted molar refractivity (Wildman–Crippen MR) is 66.0 cm³/mol. The molecular weight excluding hydrogens is 234 g/mol. The van der Waals surface area contributed by atoms with Crippen molar-refractivity contribution in [3.63, 3.8) is 0 Å². The van der Waals surface area contributed by atoms with Crippen molar-refractivity contribution in [1.29, 1.82) is 0 Å². The van der Waals surface area contributed by atoms with Crippen LogP contribution in [0.25, 0.3) is 0 Å². The molecule has 0 atom stereocenters. The van der Waals surface area contributed by atoms with Gasteiger partial charge in [-0.15, -0.1) is 0 Å². The lowest BCUT2D eigenvalue weighted by Gasteiger charge is -2.05. The molecule has 0 bridgehead atoms. The maximum Gasteiger partial charge on any atom is 0.141 e. The summed E-state index contributed by atoms with van der Waals surface area (Å²) in [6, 6.07) is 7.89. The van der Waals surface area contributed by atoms with E-state index in [1.54, 1.807) is 18.3 Å². The average molecular weight is 248 g/mol. The Morgan fingerprint density at radius 2 is 1.72 bits per heavy atom. The molecule has 0 amide bonds. The Bertz CT molecular complexity index is 497. The summed E-state index contributed by atoms with van der Waals surface area (Å²) in [5.74, 6) is -0.551. The molecular formula is C14H14F2N2. The summed E-state index contributed by atoms with van der Waals surface area (Å²) in [5, 5.41) is 3.19. The van der Waals surface area contributed by atoms with Gasteiger partial charge in [-0.3, -0.25) is 4.98 Å². The molecule has 0 radical (unpaired) electrons. The van der Waals surface area contributed by atoms with Gasteiger partial charge in [0.25, 0.3) is 0 Å². The topological polar surface area (TPSA) is 24.9 Å². The van der Waals surface area contributed by atoms with Crippen molar-refractivity contribution in [3.8, 4) is 0 Å². The van der Waals surface area contributed by atoms with E-state index in [1.807, 2.05) is 0 Å². The molecule has 0 aliphatic heterocycles. The largest absolute Gasteiger partial charge is 0.312 e. The summed E-state index contributed by atoms with van der Waals surface area (Å²) in [4.78, 5) is 3.77. The number of nitrogens with zero attached hydrogens (tertiary/aromatic N) is 1. The molecule has 2 nitrogen and oxygen atoms in total. The Morgan fingerprint density at radius 1 is 0.944 bits per heavy atom. The van der Waals surface area contributed by atoms with Crippen LogP contribution in [0.4, 0.5) is 8.78 Å². The van der Waals surface area contributed by atoms with Crippen LogP contribution in [0.1, 0.15) is 11.1 Å². The van der Waals surface area contributed by atoms with Gasteiger partial charge in [0, 0.05) is 12.7 Å². The number of rotatable bonds is 5. The van der Waals surface area contributed by atoms with Crippen molar-refractivity contribution in [1.82, 2.24) is 10.3 Å². The van der Waals surface area contributed by atoms with Crippen LogP contribution in [-0.4, -0.2) is 11.5 Å². The van der Waals surface area contributed by atoms with Gasteiger partial charge in [0.1, 0.15) is 11.6 Å². The van der Waals surface area contributed by atoms with Gasteiger partial charge < -0.3 is 5.32 Å². The van der Waals surface area contributed by atoms with Gasteiger partial charge in [-0.1, -0.05) is 12.1 Å². The molecule has 0 aliphatic rings. The minimum absolute atomic E-state index is 0.224. The monoisotopic (exact) mass is 248 g/mol. The van der Waals surface area contributed by atoms with Crippen LogP contribution in [0.15, 0.2) is 42.7 Å². The molecule has 0 saturated carbocycles. The molecule has 1 N–H and O–H groups in total. The van der Waals surface area contributed by atoms with Crippen LogP contribution in [0.3, 0.4) is 0 Å². The first-order valence-corrected chi connectivity index (χ1v) is 5.78. The highest BCUT2D eigenvalue weighted by Crippen LogP contribution is 2.03. The zero-order valence-electron chi connectivity index (χ0n) is 9.87. The van der Waals surface area contributed by atoms with Gasteiger partial charge in [0.2, 0.25) is 0 Å². The first-order chi connectivity index (χ1) is 8.74. The summed E-state index contributed by atoms with van der Waals surface area (Å²) in [6.07, 6.45) is 3.62. The Kier molecular flexibility index (Phi) is 4.36. The van der Waals surface area contributed by atoms with E-state index in [0.717, 1.165) is 24.1 Å². The van der Waals surface area contributed by atoms with Crippen LogP contribution in [0, 0.1) is 11.6 Å². The molecule has 2 rings (SSSR count). The fourth-order valence-electron chi connectivity index (χ4n) is 1.67. The molecule has 0 fully saturated rings. The zero-order chi connectivity index (χ0) is 12.8. The molecule has 0 aliphatic carbocycles. The van der Waals surface area contributed by atoms with Crippen LogP contribution < -0.4 is 5.32 Å². The normalized spacial score (nSPS) is 10.6. The van der Waals surface area contributed by atoms with Crippen molar-refractivity contribution >= 4 is 0 Å². The second kappa shape index (κ2) is 6.21. The number of aromatic nitrogens is 1. The lowest BCUT2D eigenvalue weighted by molar-refractivity contribution is 0.612. The van der Waals surface area contributed by atoms with Crippen LogP contribution in [-0.2, 0) is 13.0 Å².